The molecule has 0 aliphatic heterocycles. The number of methoxy groups -OCH3 is 1. The number of likely N-dealkylation sites (N-methyl/N-ethyl adjacent to an activating group) is 1. The fourth-order valence-corrected chi connectivity index (χ4v) is 3.52. The van der Waals surface area contributed by atoms with Crippen molar-refractivity contribution < 1.29 is 9.47 Å². The summed E-state index contributed by atoms with van der Waals surface area (Å²) in [4.78, 5) is 0. The Balaban J connectivity index is 1.71. The van der Waals surface area contributed by atoms with Gasteiger partial charge >= 0.3 is 0 Å². The summed E-state index contributed by atoms with van der Waals surface area (Å²) < 4.78 is 11.6. The Morgan fingerprint density at radius 3 is 2.44 bits per heavy atom. The monoisotopic (exact) mass is 255 g/mol. The van der Waals surface area contributed by atoms with Gasteiger partial charge in [-0.2, -0.15) is 0 Å². The Kier molecular flexibility index (Phi) is 5.93. The number of hydrogen-bond donors (Lipinski definition) is 1. The molecule has 0 aromatic rings. The summed E-state index contributed by atoms with van der Waals surface area (Å²) >= 11 is 0. The molecule has 0 bridgehead atoms. The van der Waals surface area contributed by atoms with Gasteiger partial charge in [-0.3, -0.25) is 0 Å². The molecule has 3 atom stereocenters. The fourth-order valence-electron chi connectivity index (χ4n) is 3.52. The van der Waals surface area contributed by atoms with E-state index in [-0.39, 0.29) is 0 Å². The number of ether oxygens (including phenoxy) is 2. The first-order chi connectivity index (χ1) is 8.83. The summed E-state index contributed by atoms with van der Waals surface area (Å²) in [5.74, 6) is 0.830. The summed E-state index contributed by atoms with van der Waals surface area (Å²) in [6.45, 7) is 0.877. The average molecular weight is 255 g/mol. The van der Waals surface area contributed by atoms with Crippen molar-refractivity contribution in [2.45, 2.75) is 69.6 Å². The molecular weight excluding hydrogens is 226 g/mol. The Morgan fingerprint density at radius 1 is 1.06 bits per heavy atom. The van der Waals surface area contributed by atoms with Crippen molar-refractivity contribution in [3.05, 3.63) is 0 Å². The van der Waals surface area contributed by atoms with Crippen LogP contribution in [-0.2, 0) is 9.47 Å². The predicted octanol–water partition coefficient (Wildman–Crippen LogP) is 2.74. The molecule has 2 aliphatic rings. The van der Waals surface area contributed by atoms with E-state index in [0.29, 0.717) is 18.2 Å². The van der Waals surface area contributed by atoms with Crippen molar-refractivity contribution in [3.8, 4) is 0 Å². The smallest absolute Gasteiger partial charge is 0.0626 e. The minimum absolute atomic E-state index is 0.418. The van der Waals surface area contributed by atoms with E-state index in [0.717, 1.165) is 18.9 Å². The van der Waals surface area contributed by atoms with Crippen LogP contribution in [0.25, 0.3) is 0 Å². The lowest BCUT2D eigenvalue weighted by Crippen LogP contribution is -2.39. The SMILES string of the molecule is CNC(COC1CCCC(OC)C1)C1CCCC1. The van der Waals surface area contributed by atoms with Crippen LogP contribution < -0.4 is 5.32 Å². The molecule has 0 radical (unpaired) electrons. The number of hydrogen-bond acceptors (Lipinski definition) is 3. The molecule has 3 nitrogen and oxygen atoms in total. The Hall–Kier alpha value is -0.120. The van der Waals surface area contributed by atoms with E-state index in [1.54, 1.807) is 0 Å². The van der Waals surface area contributed by atoms with E-state index >= 15 is 0 Å². The molecule has 0 aromatic heterocycles. The van der Waals surface area contributed by atoms with E-state index in [1.165, 1.54) is 44.9 Å². The maximum Gasteiger partial charge on any atom is 0.0626 e. The van der Waals surface area contributed by atoms with E-state index in [2.05, 4.69) is 12.4 Å². The van der Waals surface area contributed by atoms with Crippen LogP contribution in [0.4, 0.5) is 0 Å². The van der Waals surface area contributed by atoms with Gasteiger partial charge in [0.25, 0.3) is 0 Å². The molecule has 3 heteroatoms. The first-order valence-electron chi connectivity index (χ1n) is 7.65. The summed E-state index contributed by atoms with van der Waals surface area (Å²) in [7, 11) is 3.90. The zero-order chi connectivity index (χ0) is 12.8. The van der Waals surface area contributed by atoms with Crippen LogP contribution in [0.2, 0.25) is 0 Å². The van der Waals surface area contributed by atoms with Crippen molar-refractivity contribution in [2.24, 2.45) is 5.92 Å². The minimum Gasteiger partial charge on any atom is -0.381 e. The van der Waals surface area contributed by atoms with Crippen LogP contribution >= 0.6 is 0 Å². The summed E-state index contributed by atoms with van der Waals surface area (Å²) in [5.41, 5.74) is 0. The van der Waals surface area contributed by atoms with Crippen LogP contribution in [0, 0.1) is 5.92 Å². The van der Waals surface area contributed by atoms with Crippen molar-refractivity contribution in [3.63, 3.8) is 0 Å². The Labute approximate surface area is 112 Å². The van der Waals surface area contributed by atoms with Gasteiger partial charge in [-0.05, 0) is 51.5 Å². The highest BCUT2D eigenvalue weighted by Gasteiger charge is 2.27. The highest BCUT2D eigenvalue weighted by molar-refractivity contribution is 4.81. The second-order valence-electron chi connectivity index (χ2n) is 5.92. The summed E-state index contributed by atoms with van der Waals surface area (Å²) in [6, 6.07) is 0.551. The van der Waals surface area contributed by atoms with Crippen molar-refractivity contribution >= 4 is 0 Å². The molecule has 2 fully saturated rings. The number of rotatable bonds is 6. The first-order valence-corrected chi connectivity index (χ1v) is 7.65. The van der Waals surface area contributed by atoms with Gasteiger partial charge in [-0.25, -0.2) is 0 Å². The van der Waals surface area contributed by atoms with Crippen LogP contribution in [0.15, 0.2) is 0 Å². The third kappa shape index (κ3) is 3.94. The van der Waals surface area contributed by atoms with Crippen molar-refractivity contribution in [1.29, 1.82) is 0 Å². The summed E-state index contributed by atoms with van der Waals surface area (Å²) in [5, 5.41) is 3.45. The lowest BCUT2D eigenvalue weighted by molar-refractivity contribution is -0.0389. The van der Waals surface area contributed by atoms with E-state index in [1.807, 2.05) is 7.11 Å². The Bertz CT molecular complexity index is 229. The second kappa shape index (κ2) is 7.46. The molecule has 0 spiro atoms. The van der Waals surface area contributed by atoms with Gasteiger partial charge < -0.3 is 14.8 Å². The van der Waals surface area contributed by atoms with Crippen molar-refractivity contribution in [2.75, 3.05) is 20.8 Å². The van der Waals surface area contributed by atoms with E-state index in [9.17, 15) is 0 Å². The molecule has 2 saturated carbocycles. The van der Waals surface area contributed by atoms with Gasteiger partial charge in [-0.1, -0.05) is 12.8 Å². The third-order valence-electron chi connectivity index (χ3n) is 4.76. The van der Waals surface area contributed by atoms with E-state index < -0.39 is 0 Å². The Morgan fingerprint density at radius 2 is 1.78 bits per heavy atom. The van der Waals surface area contributed by atoms with Crippen LogP contribution in [0.5, 0.6) is 0 Å². The lowest BCUT2D eigenvalue weighted by atomic mass is 9.94. The van der Waals surface area contributed by atoms with Crippen molar-refractivity contribution in [1.82, 2.24) is 5.32 Å². The van der Waals surface area contributed by atoms with Gasteiger partial charge in [0.2, 0.25) is 0 Å². The molecule has 0 saturated heterocycles. The molecule has 1 N–H and O–H groups in total. The van der Waals surface area contributed by atoms with Crippen LogP contribution in [-0.4, -0.2) is 39.0 Å². The van der Waals surface area contributed by atoms with Gasteiger partial charge in [0.1, 0.15) is 0 Å². The van der Waals surface area contributed by atoms with Gasteiger partial charge in [-0.15, -0.1) is 0 Å². The predicted molar refractivity (Wildman–Crippen MR) is 73.8 cm³/mol. The van der Waals surface area contributed by atoms with Gasteiger partial charge in [0.15, 0.2) is 0 Å². The quantitative estimate of drug-likeness (QED) is 0.791. The standard InChI is InChI=1S/C15H29NO2/c1-16-15(12-6-3-4-7-12)11-18-14-9-5-8-13(10-14)17-2/h12-16H,3-11H2,1-2H3. The maximum atomic E-state index is 6.14. The van der Waals surface area contributed by atoms with Gasteiger partial charge in [0.05, 0.1) is 18.8 Å². The molecule has 0 aromatic carbocycles. The normalized spacial score (nSPS) is 31.7. The molecule has 0 heterocycles. The molecule has 2 aliphatic carbocycles. The second-order valence-corrected chi connectivity index (χ2v) is 5.92. The zero-order valence-electron chi connectivity index (χ0n) is 12.0. The molecule has 0 amide bonds. The van der Waals surface area contributed by atoms with Crippen LogP contribution in [0.1, 0.15) is 51.4 Å². The zero-order valence-corrected chi connectivity index (χ0v) is 12.0. The minimum atomic E-state index is 0.418. The van der Waals surface area contributed by atoms with Gasteiger partial charge in [0, 0.05) is 13.2 Å². The average Bonchev–Trinajstić information content (AvgIpc) is 2.94. The summed E-state index contributed by atoms with van der Waals surface area (Å²) in [6.07, 6.45) is 11.1. The molecule has 2 rings (SSSR count). The number of nitrogens with one attached hydrogen (secondary N) is 1. The molecule has 106 valence electrons. The fraction of sp³-hybridized carbons (Fsp3) is 1.00. The molecule has 3 unspecified atom stereocenters. The largest absolute Gasteiger partial charge is 0.381 e. The third-order valence-corrected chi connectivity index (χ3v) is 4.76. The highest BCUT2D eigenvalue weighted by Crippen LogP contribution is 2.29. The first kappa shape index (κ1) is 14.3. The molecular formula is C15H29NO2. The maximum absolute atomic E-state index is 6.14. The highest BCUT2D eigenvalue weighted by atomic mass is 16.5. The van der Waals surface area contributed by atoms with Crippen LogP contribution in [0.3, 0.4) is 0 Å². The molecule has 18 heavy (non-hydrogen) atoms. The topological polar surface area (TPSA) is 30.5 Å². The van der Waals surface area contributed by atoms with E-state index in [4.69, 9.17) is 9.47 Å². The lowest BCUT2D eigenvalue weighted by Gasteiger charge is -2.31.